The molecule has 0 unspecified atom stereocenters. The smallest absolute Gasteiger partial charge is 0.357 e. The number of carbonyl (C=O) groups is 3. The topological polar surface area (TPSA) is 94.6 Å². The van der Waals surface area contributed by atoms with Gasteiger partial charge in [0.15, 0.2) is 6.61 Å². The molecule has 0 aliphatic rings. The molecule has 0 saturated carbocycles. The normalized spacial score (nSPS) is 9.92. The number of carbonyl (C=O) groups excluding carboxylic acids is 3. The van der Waals surface area contributed by atoms with Crippen molar-refractivity contribution in [3.8, 4) is 0 Å². The largest absolute Gasteiger partial charge is 0.465 e. The lowest BCUT2D eigenvalue weighted by Crippen LogP contribution is -2.21. The summed E-state index contributed by atoms with van der Waals surface area (Å²) < 4.78 is 9.45. The number of nitrogens with one attached hydrogen (secondary N) is 1. The van der Waals surface area contributed by atoms with Crippen LogP contribution in [0.15, 0.2) is 42.6 Å². The first-order valence-corrected chi connectivity index (χ1v) is 7.15. The van der Waals surface area contributed by atoms with E-state index in [0.717, 1.165) is 0 Å². The third kappa shape index (κ3) is 4.53. The fourth-order valence-electron chi connectivity index (χ4n) is 1.76. The monoisotopic (exact) mass is 348 g/mol. The van der Waals surface area contributed by atoms with E-state index in [0.29, 0.717) is 5.69 Å². The van der Waals surface area contributed by atoms with Gasteiger partial charge < -0.3 is 14.8 Å². The van der Waals surface area contributed by atoms with Gasteiger partial charge in [-0.25, -0.2) is 14.6 Å². The van der Waals surface area contributed by atoms with Crippen LogP contribution in [0.5, 0.6) is 0 Å². The van der Waals surface area contributed by atoms with E-state index in [-0.39, 0.29) is 16.3 Å². The Morgan fingerprint density at radius 1 is 1.17 bits per heavy atom. The van der Waals surface area contributed by atoms with Crippen LogP contribution < -0.4 is 5.32 Å². The van der Waals surface area contributed by atoms with Crippen LogP contribution in [0.4, 0.5) is 5.69 Å². The fraction of sp³-hybridized carbons (Fsp3) is 0.125. The molecule has 0 saturated heterocycles. The highest BCUT2D eigenvalue weighted by Crippen LogP contribution is 2.21. The van der Waals surface area contributed by atoms with Gasteiger partial charge in [-0.2, -0.15) is 0 Å². The average molecular weight is 349 g/mol. The summed E-state index contributed by atoms with van der Waals surface area (Å²) in [6, 6.07) is 9.08. The Kier molecular flexibility index (Phi) is 5.86. The number of halogens is 1. The number of rotatable bonds is 5. The molecule has 0 atom stereocenters. The van der Waals surface area contributed by atoms with E-state index < -0.39 is 24.5 Å². The van der Waals surface area contributed by atoms with Crippen molar-refractivity contribution in [3.05, 3.63) is 58.9 Å². The number of benzene rings is 1. The molecule has 0 fully saturated rings. The van der Waals surface area contributed by atoms with Crippen molar-refractivity contribution >= 4 is 35.1 Å². The van der Waals surface area contributed by atoms with Crippen molar-refractivity contribution in [3.63, 3.8) is 0 Å². The molecule has 0 radical (unpaired) electrons. The number of hydrogen-bond donors (Lipinski definition) is 1. The van der Waals surface area contributed by atoms with Crippen LogP contribution in [-0.4, -0.2) is 36.5 Å². The minimum absolute atomic E-state index is 0.102. The second-order valence-corrected chi connectivity index (χ2v) is 4.93. The summed E-state index contributed by atoms with van der Waals surface area (Å²) in [6.07, 6.45) is 1.44. The molecule has 0 bridgehead atoms. The summed E-state index contributed by atoms with van der Waals surface area (Å²) in [7, 11) is 1.22. The molecule has 2 rings (SSSR count). The Morgan fingerprint density at radius 2 is 1.96 bits per heavy atom. The zero-order chi connectivity index (χ0) is 17.5. The molecule has 8 heteroatoms. The highest BCUT2D eigenvalue weighted by molar-refractivity contribution is 6.33. The molecule has 0 aliphatic carbocycles. The van der Waals surface area contributed by atoms with Crippen molar-refractivity contribution in [2.45, 2.75) is 0 Å². The van der Waals surface area contributed by atoms with Gasteiger partial charge in [0.25, 0.3) is 5.91 Å². The molecule has 1 aromatic heterocycles. The molecule has 1 aromatic carbocycles. The Hall–Kier alpha value is -2.93. The first-order chi connectivity index (χ1) is 11.5. The Bertz CT molecular complexity index is 764. The van der Waals surface area contributed by atoms with Crippen molar-refractivity contribution in [2.24, 2.45) is 0 Å². The minimum Gasteiger partial charge on any atom is -0.465 e. The summed E-state index contributed by atoms with van der Waals surface area (Å²) in [5, 5.41) is 2.69. The van der Waals surface area contributed by atoms with Crippen molar-refractivity contribution in [1.29, 1.82) is 0 Å². The third-order valence-electron chi connectivity index (χ3n) is 2.86. The average Bonchev–Trinajstić information content (AvgIpc) is 2.61. The maximum atomic E-state index is 11.8. The number of amides is 1. The molecule has 7 nitrogen and oxygen atoms in total. The number of aromatic nitrogens is 1. The molecular weight excluding hydrogens is 336 g/mol. The molecule has 1 amide bonds. The lowest BCUT2D eigenvalue weighted by atomic mass is 10.2. The molecular formula is C16H13ClN2O5. The number of anilines is 1. The van der Waals surface area contributed by atoms with Crippen LogP contribution >= 0.6 is 11.6 Å². The van der Waals surface area contributed by atoms with Crippen LogP contribution in [0, 0.1) is 0 Å². The SMILES string of the molecule is COC(=O)c1cc(NC(=O)COC(=O)c2ccccn2)ccc1Cl. The predicted molar refractivity (Wildman–Crippen MR) is 85.9 cm³/mol. The first kappa shape index (κ1) is 17.4. The molecule has 1 heterocycles. The fourth-order valence-corrected chi connectivity index (χ4v) is 1.95. The second kappa shape index (κ2) is 8.07. The molecule has 1 N–H and O–H groups in total. The molecule has 124 valence electrons. The van der Waals surface area contributed by atoms with Crippen LogP contribution in [-0.2, 0) is 14.3 Å². The summed E-state index contributed by atoms with van der Waals surface area (Å²) in [4.78, 5) is 38.9. The predicted octanol–water partition coefficient (Wildman–Crippen LogP) is 2.32. The standard InChI is InChI=1S/C16H13ClN2O5/c1-23-15(21)11-8-10(5-6-12(11)17)19-14(20)9-24-16(22)13-4-2-3-7-18-13/h2-8H,9H2,1H3,(H,19,20). The van der Waals surface area contributed by atoms with Gasteiger partial charge >= 0.3 is 11.9 Å². The van der Waals surface area contributed by atoms with Gasteiger partial charge in [-0.1, -0.05) is 17.7 Å². The summed E-state index contributed by atoms with van der Waals surface area (Å²) in [6.45, 7) is -0.494. The van der Waals surface area contributed by atoms with Gasteiger partial charge in [-0.3, -0.25) is 4.79 Å². The number of pyridine rings is 1. The number of hydrogen-bond acceptors (Lipinski definition) is 6. The lowest BCUT2D eigenvalue weighted by Gasteiger charge is -2.08. The van der Waals surface area contributed by atoms with E-state index in [1.54, 1.807) is 12.1 Å². The number of ether oxygens (including phenoxy) is 2. The van der Waals surface area contributed by atoms with Gasteiger partial charge in [0.05, 0.1) is 17.7 Å². The maximum absolute atomic E-state index is 11.8. The number of methoxy groups -OCH3 is 1. The van der Waals surface area contributed by atoms with Gasteiger partial charge in [-0.15, -0.1) is 0 Å². The lowest BCUT2D eigenvalue weighted by molar-refractivity contribution is -0.119. The first-order valence-electron chi connectivity index (χ1n) is 6.77. The molecule has 2 aromatic rings. The van der Waals surface area contributed by atoms with Crippen molar-refractivity contribution in [1.82, 2.24) is 4.98 Å². The summed E-state index contributed by atoms with van der Waals surface area (Å²) in [5.41, 5.74) is 0.533. The van der Waals surface area contributed by atoms with Crippen LogP contribution in [0.2, 0.25) is 5.02 Å². The van der Waals surface area contributed by atoms with Gasteiger partial charge in [0.2, 0.25) is 0 Å². The van der Waals surface area contributed by atoms with Gasteiger partial charge in [0, 0.05) is 11.9 Å². The number of esters is 2. The minimum atomic E-state index is -0.711. The summed E-state index contributed by atoms with van der Waals surface area (Å²) in [5.74, 6) is -1.91. The zero-order valence-corrected chi connectivity index (χ0v) is 13.4. The zero-order valence-electron chi connectivity index (χ0n) is 12.6. The van der Waals surface area contributed by atoms with E-state index in [2.05, 4.69) is 15.0 Å². The van der Waals surface area contributed by atoms with Crippen LogP contribution in [0.3, 0.4) is 0 Å². The summed E-state index contributed by atoms with van der Waals surface area (Å²) >= 11 is 5.89. The maximum Gasteiger partial charge on any atom is 0.357 e. The van der Waals surface area contributed by atoms with E-state index in [1.807, 2.05) is 0 Å². The van der Waals surface area contributed by atoms with Crippen LogP contribution in [0.25, 0.3) is 0 Å². The van der Waals surface area contributed by atoms with Crippen molar-refractivity contribution in [2.75, 3.05) is 19.0 Å². The Balaban J connectivity index is 1.95. The van der Waals surface area contributed by atoms with E-state index in [4.69, 9.17) is 16.3 Å². The number of nitrogens with zero attached hydrogens (tertiary/aromatic N) is 1. The van der Waals surface area contributed by atoms with E-state index >= 15 is 0 Å². The Labute approximate surface area is 142 Å². The molecule has 0 aliphatic heterocycles. The molecule has 0 spiro atoms. The second-order valence-electron chi connectivity index (χ2n) is 4.53. The van der Waals surface area contributed by atoms with Crippen molar-refractivity contribution < 1.29 is 23.9 Å². The van der Waals surface area contributed by atoms with Gasteiger partial charge in [0.1, 0.15) is 5.69 Å². The molecule has 24 heavy (non-hydrogen) atoms. The highest BCUT2D eigenvalue weighted by Gasteiger charge is 2.14. The van der Waals surface area contributed by atoms with Gasteiger partial charge in [-0.05, 0) is 30.3 Å². The van der Waals surface area contributed by atoms with E-state index in [1.165, 1.54) is 37.6 Å². The quantitative estimate of drug-likeness (QED) is 0.833. The van der Waals surface area contributed by atoms with Crippen LogP contribution in [0.1, 0.15) is 20.8 Å². The van der Waals surface area contributed by atoms with E-state index in [9.17, 15) is 14.4 Å². The highest BCUT2D eigenvalue weighted by atomic mass is 35.5. The third-order valence-corrected chi connectivity index (χ3v) is 3.19. The Morgan fingerprint density at radius 3 is 2.62 bits per heavy atom.